The summed E-state index contributed by atoms with van der Waals surface area (Å²) in [5, 5.41) is 11.4. The third-order valence-electron chi connectivity index (χ3n) is 4.01. The molecule has 3 heterocycles. The van der Waals surface area contributed by atoms with E-state index < -0.39 is 0 Å². The molecular formula is C15H22N6. The molecule has 0 amide bonds. The van der Waals surface area contributed by atoms with Gasteiger partial charge in [0.1, 0.15) is 11.6 Å². The van der Waals surface area contributed by atoms with Gasteiger partial charge in [0.15, 0.2) is 0 Å². The number of piperidine rings is 1. The van der Waals surface area contributed by atoms with E-state index >= 15 is 0 Å². The lowest BCUT2D eigenvalue weighted by Crippen LogP contribution is -2.36. The Balaban J connectivity index is 1.55. The Hall–Kier alpha value is -1.95. The first-order valence-electron chi connectivity index (χ1n) is 7.54. The first-order chi connectivity index (χ1) is 10.3. The second-order valence-corrected chi connectivity index (χ2v) is 5.64. The largest absolute Gasteiger partial charge is 0.372 e. The van der Waals surface area contributed by atoms with Gasteiger partial charge < -0.3 is 10.3 Å². The van der Waals surface area contributed by atoms with Crippen molar-refractivity contribution in [3.63, 3.8) is 0 Å². The summed E-state index contributed by atoms with van der Waals surface area (Å²) in [7, 11) is 1.86. The van der Waals surface area contributed by atoms with Gasteiger partial charge in [0.05, 0.1) is 12.2 Å². The van der Waals surface area contributed by atoms with Gasteiger partial charge in [0, 0.05) is 26.0 Å². The van der Waals surface area contributed by atoms with Crippen LogP contribution in [0.4, 0.5) is 5.82 Å². The summed E-state index contributed by atoms with van der Waals surface area (Å²) >= 11 is 0. The lowest BCUT2D eigenvalue weighted by Gasteiger charge is -2.31. The van der Waals surface area contributed by atoms with Crippen LogP contribution in [0, 0.1) is 5.92 Å². The van der Waals surface area contributed by atoms with Crippen LogP contribution in [0.15, 0.2) is 24.5 Å². The van der Waals surface area contributed by atoms with E-state index in [0.717, 1.165) is 43.4 Å². The molecule has 21 heavy (non-hydrogen) atoms. The molecule has 2 aromatic rings. The Kier molecular flexibility index (Phi) is 4.45. The van der Waals surface area contributed by atoms with Crippen LogP contribution in [0.5, 0.6) is 0 Å². The topological polar surface area (TPSA) is 69.7 Å². The highest BCUT2D eigenvalue weighted by Gasteiger charge is 2.21. The first kappa shape index (κ1) is 14.0. The van der Waals surface area contributed by atoms with Crippen molar-refractivity contribution in [3.8, 4) is 0 Å². The highest BCUT2D eigenvalue weighted by Crippen LogP contribution is 2.21. The van der Waals surface area contributed by atoms with Crippen LogP contribution in [0.3, 0.4) is 0 Å². The van der Waals surface area contributed by atoms with Crippen LogP contribution >= 0.6 is 0 Å². The predicted molar refractivity (Wildman–Crippen MR) is 81.9 cm³/mol. The van der Waals surface area contributed by atoms with Crippen molar-refractivity contribution in [2.24, 2.45) is 5.92 Å². The summed E-state index contributed by atoms with van der Waals surface area (Å²) in [6.07, 6.45) is 7.22. The summed E-state index contributed by atoms with van der Waals surface area (Å²) in [5.41, 5.74) is 1.08. The van der Waals surface area contributed by atoms with Crippen molar-refractivity contribution in [2.45, 2.75) is 25.8 Å². The number of rotatable bonds is 5. The molecule has 1 fully saturated rings. The van der Waals surface area contributed by atoms with Crippen LogP contribution in [0.1, 0.15) is 24.4 Å². The molecule has 1 aliphatic rings. The van der Waals surface area contributed by atoms with Crippen molar-refractivity contribution in [1.29, 1.82) is 0 Å². The fraction of sp³-hybridized carbons (Fsp3) is 0.533. The molecule has 1 saturated heterocycles. The quantitative estimate of drug-likeness (QED) is 0.875. The molecule has 1 aliphatic heterocycles. The monoisotopic (exact) mass is 286 g/mol. The van der Waals surface area contributed by atoms with Crippen molar-refractivity contribution < 1.29 is 0 Å². The number of imidazole rings is 1. The first-order valence-corrected chi connectivity index (χ1v) is 7.54. The highest BCUT2D eigenvalue weighted by atomic mass is 15.2. The predicted octanol–water partition coefficient (Wildman–Crippen LogP) is 1.70. The van der Waals surface area contributed by atoms with E-state index in [9.17, 15) is 0 Å². The third-order valence-corrected chi connectivity index (χ3v) is 4.01. The molecular weight excluding hydrogens is 264 g/mol. The summed E-state index contributed by atoms with van der Waals surface area (Å²) in [5.74, 6) is 2.53. The minimum absolute atomic E-state index is 0.656. The van der Waals surface area contributed by atoms with Gasteiger partial charge in [-0.05, 0) is 43.9 Å². The van der Waals surface area contributed by atoms with Gasteiger partial charge in [-0.3, -0.25) is 4.90 Å². The van der Waals surface area contributed by atoms with Gasteiger partial charge in [-0.15, -0.1) is 5.10 Å². The minimum Gasteiger partial charge on any atom is -0.372 e. The zero-order chi connectivity index (χ0) is 14.5. The normalized spacial score (nSPS) is 19.6. The molecule has 6 nitrogen and oxygen atoms in total. The molecule has 0 unspecified atom stereocenters. The summed E-state index contributed by atoms with van der Waals surface area (Å²) in [6.45, 7) is 3.17. The van der Waals surface area contributed by atoms with Crippen LogP contribution in [-0.2, 0) is 13.0 Å². The van der Waals surface area contributed by atoms with Crippen molar-refractivity contribution in [1.82, 2.24) is 25.1 Å². The van der Waals surface area contributed by atoms with E-state index in [4.69, 9.17) is 0 Å². The molecule has 0 aliphatic carbocycles. The Morgan fingerprint density at radius 1 is 1.38 bits per heavy atom. The van der Waals surface area contributed by atoms with E-state index in [1.54, 1.807) is 0 Å². The number of H-pyrrole nitrogens is 1. The Morgan fingerprint density at radius 3 is 3.05 bits per heavy atom. The van der Waals surface area contributed by atoms with E-state index in [0.29, 0.717) is 5.92 Å². The molecule has 0 bridgehead atoms. The minimum atomic E-state index is 0.656. The van der Waals surface area contributed by atoms with Crippen molar-refractivity contribution in [3.05, 3.63) is 36.0 Å². The Bertz CT molecular complexity index is 536. The summed E-state index contributed by atoms with van der Waals surface area (Å²) in [4.78, 5) is 9.97. The second-order valence-electron chi connectivity index (χ2n) is 5.64. The maximum atomic E-state index is 4.31. The van der Waals surface area contributed by atoms with Gasteiger partial charge in [-0.25, -0.2) is 4.98 Å². The number of nitrogens with zero attached hydrogens (tertiary/aromatic N) is 4. The van der Waals surface area contributed by atoms with E-state index in [2.05, 4.69) is 36.4 Å². The fourth-order valence-corrected chi connectivity index (χ4v) is 2.96. The average molecular weight is 286 g/mol. The summed E-state index contributed by atoms with van der Waals surface area (Å²) in [6, 6.07) is 4.07. The van der Waals surface area contributed by atoms with E-state index in [1.165, 1.54) is 12.8 Å². The maximum absolute atomic E-state index is 4.31. The number of aromatic nitrogens is 4. The van der Waals surface area contributed by atoms with Crippen LogP contribution in [0.2, 0.25) is 0 Å². The third kappa shape index (κ3) is 3.78. The van der Waals surface area contributed by atoms with Crippen LogP contribution < -0.4 is 5.32 Å². The zero-order valence-corrected chi connectivity index (χ0v) is 12.4. The molecule has 2 N–H and O–H groups in total. The molecule has 0 aromatic carbocycles. The maximum Gasteiger partial charge on any atom is 0.148 e. The number of hydrogen-bond acceptors (Lipinski definition) is 5. The van der Waals surface area contributed by atoms with Crippen LogP contribution in [-0.4, -0.2) is 45.2 Å². The number of anilines is 1. The van der Waals surface area contributed by atoms with Gasteiger partial charge >= 0.3 is 0 Å². The number of aromatic amines is 1. The number of nitrogens with one attached hydrogen (secondary N) is 2. The molecule has 3 rings (SSSR count). The van der Waals surface area contributed by atoms with Crippen molar-refractivity contribution >= 4 is 5.82 Å². The fourth-order valence-electron chi connectivity index (χ4n) is 2.96. The van der Waals surface area contributed by atoms with E-state index in [-0.39, 0.29) is 0 Å². The molecule has 1 atom stereocenters. The molecule has 6 heteroatoms. The van der Waals surface area contributed by atoms with Gasteiger partial charge in [-0.2, -0.15) is 5.10 Å². The SMILES string of the molecule is CNc1ccc(C[C@@H]2CCCN(Cc3ncc[nH]3)C2)nn1. The zero-order valence-electron chi connectivity index (χ0n) is 12.4. The van der Waals surface area contributed by atoms with Gasteiger partial charge in [0.25, 0.3) is 0 Å². The Labute approximate surface area is 125 Å². The van der Waals surface area contributed by atoms with E-state index in [1.807, 2.05) is 25.5 Å². The molecule has 0 spiro atoms. The lowest BCUT2D eigenvalue weighted by atomic mass is 9.93. The molecule has 0 radical (unpaired) electrons. The standard InChI is InChI=1S/C15H22N6/c1-16-14-5-4-13(19-20-14)9-12-3-2-8-21(10-12)11-15-17-6-7-18-15/h4-7,12H,2-3,8-11H2,1H3,(H,16,20)(H,17,18)/t12-/m0/s1. The van der Waals surface area contributed by atoms with Gasteiger partial charge in [-0.1, -0.05) is 0 Å². The highest BCUT2D eigenvalue weighted by molar-refractivity contribution is 5.31. The molecule has 0 saturated carbocycles. The number of likely N-dealkylation sites (tertiary alicyclic amines) is 1. The Morgan fingerprint density at radius 2 is 2.33 bits per heavy atom. The van der Waals surface area contributed by atoms with Crippen LogP contribution in [0.25, 0.3) is 0 Å². The summed E-state index contributed by atoms with van der Waals surface area (Å²) < 4.78 is 0. The smallest absolute Gasteiger partial charge is 0.148 e. The van der Waals surface area contributed by atoms with Gasteiger partial charge in [0.2, 0.25) is 0 Å². The molecule has 2 aromatic heterocycles. The second kappa shape index (κ2) is 6.67. The molecule has 112 valence electrons. The lowest BCUT2D eigenvalue weighted by molar-refractivity contribution is 0.163. The van der Waals surface area contributed by atoms with Crippen molar-refractivity contribution in [2.75, 3.05) is 25.5 Å². The number of hydrogen-bond donors (Lipinski definition) is 2. The average Bonchev–Trinajstić information content (AvgIpc) is 3.01.